The highest BCUT2D eigenvalue weighted by molar-refractivity contribution is 5.93. The molecule has 6 heteroatoms. The third-order valence-corrected chi connectivity index (χ3v) is 2.04. The fourth-order valence-corrected chi connectivity index (χ4v) is 1.40. The quantitative estimate of drug-likeness (QED) is 0.661. The number of carbonyl (C=O) groups is 1. The van der Waals surface area contributed by atoms with Gasteiger partial charge in [0.1, 0.15) is 16.9 Å². The molecule has 3 N–H and O–H groups in total. The smallest absolute Gasteiger partial charge is 0.371 e. The van der Waals surface area contributed by atoms with Crippen LogP contribution in [0.2, 0.25) is 0 Å². The Bertz CT molecular complexity index is 640. The molecule has 1 aromatic carbocycles. The van der Waals surface area contributed by atoms with Crippen LogP contribution >= 0.6 is 0 Å². The molecule has 0 radical (unpaired) electrons. The van der Waals surface area contributed by atoms with Gasteiger partial charge in [-0.3, -0.25) is 0 Å². The van der Waals surface area contributed by atoms with E-state index in [9.17, 15) is 19.8 Å². The minimum absolute atomic E-state index is 0.103. The predicted octanol–water partition coefficient (Wildman–Crippen LogP) is 0.902. The molecule has 0 aliphatic rings. The minimum atomic E-state index is -1.40. The Labute approximate surface area is 88.0 Å². The lowest BCUT2D eigenvalue weighted by Gasteiger charge is -2.01. The first-order valence-electron chi connectivity index (χ1n) is 4.22. The fraction of sp³-hybridized carbons (Fsp3) is 0. The van der Waals surface area contributed by atoms with Crippen LogP contribution < -0.4 is 5.63 Å². The van der Waals surface area contributed by atoms with Crippen LogP contribution in [0.1, 0.15) is 10.6 Å². The highest BCUT2D eigenvalue weighted by Crippen LogP contribution is 2.27. The van der Waals surface area contributed by atoms with Crippen LogP contribution in [-0.4, -0.2) is 21.3 Å². The van der Waals surface area contributed by atoms with Gasteiger partial charge >= 0.3 is 11.6 Å². The second-order valence-corrected chi connectivity index (χ2v) is 3.13. The van der Waals surface area contributed by atoms with Crippen molar-refractivity contribution in [2.45, 2.75) is 0 Å². The lowest BCUT2D eigenvalue weighted by atomic mass is 10.1. The Balaban J connectivity index is 2.93. The van der Waals surface area contributed by atoms with Crippen molar-refractivity contribution in [3.05, 3.63) is 34.4 Å². The lowest BCUT2D eigenvalue weighted by molar-refractivity contribution is 0.0657. The highest BCUT2D eigenvalue weighted by Gasteiger charge is 2.13. The van der Waals surface area contributed by atoms with E-state index in [1.807, 2.05) is 0 Å². The molecule has 0 saturated carbocycles. The molecular formula is C10H6O6. The molecule has 16 heavy (non-hydrogen) atoms. The number of fused-ring (bicyclic) bond motifs is 1. The summed E-state index contributed by atoms with van der Waals surface area (Å²) in [5.74, 6) is -2.68. The summed E-state index contributed by atoms with van der Waals surface area (Å²) in [6.45, 7) is 0. The van der Waals surface area contributed by atoms with Crippen molar-refractivity contribution in [3.63, 3.8) is 0 Å². The highest BCUT2D eigenvalue weighted by atomic mass is 16.4. The maximum absolute atomic E-state index is 11.4. The van der Waals surface area contributed by atoms with E-state index < -0.39 is 23.1 Å². The van der Waals surface area contributed by atoms with Gasteiger partial charge in [-0.05, 0) is 12.1 Å². The van der Waals surface area contributed by atoms with Gasteiger partial charge in [0.25, 0.3) is 0 Å². The molecule has 0 unspecified atom stereocenters. The molecule has 1 heterocycles. The summed E-state index contributed by atoms with van der Waals surface area (Å²) >= 11 is 0. The number of rotatable bonds is 1. The van der Waals surface area contributed by atoms with Crippen LogP contribution in [0.4, 0.5) is 0 Å². The molecule has 1 aromatic heterocycles. The average molecular weight is 222 g/mol. The van der Waals surface area contributed by atoms with Gasteiger partial charge in [-0.2, -0.15) is 0 Å². The molecule has 0 atom stereocenters. The first-order valence-corrected chi connectivity index (χ1v) is 4.22. The first kappa shape index (κ1) is 10.0. The van der Waals surface area contributed by atoms with E-state index >= 15 is 0 Å². The van der Waals surface area contributed by atoms with E-state index in [0.717, 1.165) is 12.1 Å². The molecule has 0 aliphatic heterocycles. The van der Waals surface area contributed by atoms with Gasteiger partial charge in [-0.1, -0.05) is 0 Å². The van der Waals surface area contributed by atoms with Crippen LogP contribution in [0, 0.1) is 0 Å². The Kier molecular flexibility index (Phi) is 2.05. The van der Waals surface area contributed by atoms with Crippen LogP contribution in [0.5, 0.6) is 11.5 Å². The Morgan fingerprint density at radius 3 is 2.50 bits per heavy atom. The van der Waals surface area contributed by atoms with Crippen molar-refractivity contribution in [2.24, 2.45) is 0 Å². The zero-order valence-electron chi connectivity index (χ0n) is 7.80. The van der Waals surface area contributed by atoms with Gasteiger partial charge in [-0.25, -0.2) is 9.59 Å². The van der Waals surface area contributed by atoms with Gasteiger partial charge in [0.05, 0.1) is 0 Å². The predicted molar refractivity (Wildman–Crippen MR) is 52.8 cm³/mol. The monoisotopic (exact) mass is 222 g/mol. The van der Waals surface area contributed by atoms with Gasteiger partial charge in [0.15, 0.2) is 0 Å². The third-order valence-electron chi connectivity index (χ3n) is 2.04. The van der Waals surface area contributed by atoms with E-state index in [1.54, 1.807) is 0 Å². The van der Waals surface area contributed by atoms with Gasteiger partial charge < -0.3 is 19.7 Å². The molecule has 0 fully saturated rings. The number of aromatic hydroxyl groups is 2. The van der Waals surface area contributed by atoms with Gasteiger partial charge in [0.2, 0.25) is 5.76 Å². The van der Waals surface area contributed by atoms with Crippen molar-refractivity contribution in [3.8, 4) is 11.5 Å². The van der Waals surface area contributed by atoms with E-state index in [-0.39, 0.29) is 16.5 Å². The minimum Gasteiger partial charge on any atom is -0.508 e. The maximum Gasteiger partial charge on any atom is 0.371 e. The Morgan fingerprint density at radius 2 is 1.88 bits per heavy atom. The summed E-state index contributed by atoms with van der Waals surface area (Å²) < 4.78 is 4.48. The summed E-state index contributed by atoms with van der Waals surface area (Å²) in [4.78, 5) is 22.0. The van der Waals surface area contributed by atoms with Crippen molar-refractivity contribution in [1.29, 1.82) is 0 Å². The van der Waals surface area contributed by atoms with Gasteiger partial charge in [-0.15, -0.1) is 0 Å². The molecule has 0 bridgehead atoms. The number of benzene rings is 1. The van der Waals surface area contributed by atoms with Crippen molar-refractivity contribution in [2.75, 3.05) is 0 Å². The first-order chi connectivity index (χ1) is 7.49. The second kappa shape index (κ2) is 3.27. The zero-order chi connectivity index (χ0) is 11.9. The lowest BCUT2D eigenvalue weighted by Crippen LogP contribution is -2.06. The topological polar surface area (TPSA) is 108 Å². The van der Waals surface area contributed by atoms with E-state index in [2.05, 4.69) is 4.42 Å². The molecule has 6 nitrogen and oxygen atoms in total. The van der Waals surface area contributed by atoms with Crippen LogP contribution in [0.25, 0.3) is 10.8 Å². The second-order valence-electron chi connectivity index (χ2n) is 3.13. The molecule has 2 rings (SSSR count). The zero-order valence-corrected chi connectivity index (χ0v) is 7.80. The Hall–Kier alpha value is -2.50. The van der Waals surface area contributed by atoms with Crippen LogP contribution in [0.3, 0.4) is 0 Å². The fourth-order valence-electron chi connectivity index (χ4n) is 1.40. The number of hydrogen-bond acceptors (Lipinski definition) is 5. The summed E-state index contributed by atoms with van der Waals surface area (Å²) in [5.41, 5.74) is -0.965. The molecule has 0 spiro atoms. The van der Waals surface area contributed by atoms with Crippen LogP contribution in [-0.2, 0) is 0 Å². The summed E-state index contributed by atoms with van der Waals surface area (Å²) in [5, 5.41) is 27.2. The van der Waals surface area contributed by atoms with Crippen molar-refractivity contribution >= 4 is 16.7 Å². The molecule has 2 aromatic rings. The number of carboxylic acid groups (broad SMARTS) is 1. The van der Waals surface area contributed by atoms with E-state index in [0.29, 0.717) is 0 Å². The largest absolute Gasteiger partial charge is 0.508 e. The number of phenols is 2. The molecular weight excluding hydrogens is 216 g/mol. The number of carboxylic acids is 1. The summed E-state index contributed by atoms with van der Waals surface area (Å²) in [6.07, 6.45) is 0. The summed E-state index contributed by atoms with van der Waals surface area (Å²) in [6, 6.07) is 3.19. The van der Waals surface area contributed by atoms with Gasteiger partial charge in [0, 0.05) is 11.5 Å². The van der Waals surface area contributed by atoms with Crippen molar-refractivity contribution in [1.82, 2.24) is 0 Å². The maximum atomic E-state index is 11.4. The number of hydrogen-bond donors (Lipinski definition) is 3. The standard InChI is InChI=1S/C10H6O6/c11-5-1-4-2-7(9(13)14)16-10(15)8(4)6(12)3-5/h1-3,11-12H,(H,13,14). The van der Waals surface area contributed by atoms with E-state index in [1.165, 1.54) is 6.07 Å². The molecule has 82 valence electrons. The normalized spacial score (nSPS) is 10.5. The average Bonchev–Trinajstić information content (AvgIpc) is 2.15. The van der Waals surface area contributed by atoms with Crippen molar-refractivity contribution < 1.29 is 24.5 Å². The molecule has 0 saturated heterocycles. The molecule has 0 aliphatic carbocycles. The number of phenolic OH excluding ortho intramolecular Hbond substituents is 2. The molecule has 0 amide bonds. The van der Waals surface area contributed by atoms with E-state index in [4.69, 9.17) is 5.11 Å². The Morgan fingerprint density at radius 1 is 1.19 bits per heavy atom. The summed E-state index contributed by atoms with van der Waals surface area (Å²) in [7, 11) is 0. The SMILES string of the molecule is O=C(O)c1cc2cc(O)cc(O)c2c(=O)o1. The van der Waals surface area contributed by atoms with Crippen LogP contribution in [0.15, 0.2) is 27.4 Å². The third kappa shape index (κ3) is 1.46. The number of aromatic carboxylic acids is 1.